The van der Waals surface area contributed by atoms with Crippen LogP contribution in [0.2, 0.25) is 0 Å². The minimum atomic E-state index is -0.562. The predicted octanol–water partition coefficient (Wildman–Crippen LogP) is 9.16. The van der Waals surface area contributed by atoms with Gasteiger partial charge in [0.15, 0.2) is 6.29 Å². The predicted molar refractivity (Wildman–Crippen MR) is 213 cm³/mol. The fourth-order valence-corrected chi connectivity index (χ4v) is 10.8. The van der Waals surface area contributed by atoms with E-state index in [0.29, 0.717) is 6.54 Å². The van der Waals surface area contributed by atoms with E-state index in [2.05, 4.69) is 65.3 Å². The second-order valence-electron chi connectivity index (χ2n) is 16.2. The molecular formula is C45H51N3O5S. The summed E-state index contributed by atoms with van der Waals surface area (Å²) in [7, 11) is 0. The van der Waals surface area contributed by atoms with Crippen molar-refractivity contribution in [3.63, 3.8) is 0 Å². The summed E-state index contributed by atoms with van der Waals surface area (Å²) in [4.78, 5) is 25.7. The third-order valence-corrected chi connectivity index (χ3v) is 13.1. The Balaban J connectivity index is 0.930. The van der Waals surface area contributed by atoms with E-state index in [1.54, 1.807) is 11.8 Å². The molecule has 1 saturated heterocycles. The van der Waals surface area contributed by atoms with Crippen LogP contribution in [-0.2, 0) is 27.4 Å². The first-order valence-corrected chi connectivity index (χ1v) is 20.5. The van der Waals surface area contributed by atoms with Crippen LogP contribution >= 0.6 is 11.8 Å². The number of rotatable bonds is 11. The van der Waals surface area contributed by atoms with Gasteiger partial charge >= 0.3 is 6.03 Å². The van der Waals surface area contributed by atoms with Crippen LogP contribution in [0.25, 0.3) is 11.1 Å². The van der Waals surface area contributed by atoms with E-state index in [1.807, 2.05) is 54.6 Å². The number of thioether (sulfide) groups is 1. The molecule has 4 N–H and O–H groups in total. The Labute approximate surface area is 322 Å². The second-order valence-corrected chi connectivity index (χ2v) is 17.3. The zero-order valence-electron chi connectivity index (χ0n) is 31.1. The number of carbonyl (C=O) groups is 2. The van der Waals surface area contributed by atoms with Crippen molar-refractivity contribution in [1.29, 1.82) is 0 Å². The van der Waals surface area contributed by atoms with Crippen molar-refractivity contribution < 1.29 is 24.2 Å². The lowest BCUT2D eigenvalue weighted by molar-refractivity contribution is -0.268. The van der Waals surface area contributed by atoms with Crippen LogP contribution in [0.1, 0.15) is 87.0 Å². The number of aliphatic hydroxyl groups is 1. The van der Waals surface area contributed by atoms with Gasteiger partial charge in [-0.25, -0.2) is 4.79 Å². The maximum atomic E-state index is 13.1. The third-order valence-electron chi connectivity index (χ3n) is 12.0. The van der Waals surface area contributed by atoms with Crippen LogP contribution < -0.4 is 16.0 Å². The van der Waals surface area contributed by atoms with Gasteiger partial charge in [0, 0.05) is 46.8 Å². The van der Waals surface area contributed by atoms with Gasteiger partial charge in [-0.05, 0) is 114 Å². The van der Waals surface area contributed by atoms with Gasteiger partial charge < -0.3 is 30.5 Å². The number of anilines is 1. The van der Waals surface area contributed by atoms with E-state index in [0.717, 1.165) is 86.7 Å². The van der Waals surface area contributed by atoms with E-state index >= 15 is 0 Å². The lowest BCUT2D eigenvalue weighted by Crippen LogP contribution is -2.61. The normalized spacial score (nSPS) is 28.4. The Morgan fingerprint density at radius 1 is 0.796 bits per heavy atom. The number of aliphatic hydroxyl groups excluding tert-OH is 1. The summed E-state index contributed by atoms with van der Waals surface area (Å²) in [5.41, 5.74) is 6.85. The molecule has 0 aromatic heterocycles. The van der Waals surface area contributed by atoms with Crippen LogP contribution in [0, 0.1) is 23.7 Å². The van der Waals surface area contributed by atoms with E-state index < -0.39 is 6.29 Å². The molecule has 4 atom stereocenters. The molecule has 8 nitrogen and oxygen atoms in total. The Kier molecular flexibility index (Phi) is 10.8. The molecule has 4 aromatic carbocycles. The molecule has 3 amide bonds. The van der Waals surface area contributed by atoms with Gasteiger partial charge in [0.05, 0.1) is 18.8 Å². The summed E-state index contributed by atoms with van der Waals surface area (Å²) in [6.07, 6.45) is 6.63. The molecule has 54 heavy (non-hydrogen) atoms. The average Bonchev–Trinajstić information content (AvgIpc) is 3.16. The van der Waals surface area contributed by atoms with Gasteiger partial charge in [-0.1, -0.05) is 73.7 Å². The Morgan fingerprint density at radius 2 is 1.46 bits per heavy atom. The van der Waals surface area contributed by atoms with Crippen molar-refractivity contribution in [2.24, 2.45) is 23.7 Å². The summed E-state index contributed by atoms with van der Waals surface area (Å²) in [5.74, 6) is 3.07. The van der Waals surface area contributed by atoms with E-state index in [9.17, 15) is 14.7 Å². The molecule has 1 aliphatic heterocycles. The first kappa shape index (κ1) is 36.8. The van der Waals surface area contributed by atoms with Crippen LogP contribution in [0.3, 0.4) is 0 Å². The molecule has 0 spiro atoms. The zero-order valence-corrected chi connectivity index (χ0v) is 31.9. The molecule has 4 saturated carbocycles. The number of urea groups is 1. The number of nitrogens with one attached hydrogen (secondary N) is 3. The molecule has 1 heterocycles. The van der Waals surface area contributed by atoms with Crippen LogP contribution in [0.15, 0.2) is 102 Å². The maximum absolute atomic E-state index is 13.1. The van der Waals surface area contributed by atoms with Crippen molar-refractivity contribution in [3.8, 4) is 11.1 Å². The second kappa shape index (κ2) is 15.9. The third kappa shape index (κ3) is 8.40. The molecule has 4 aromatic rings. The zero-order chi connectivity index (χ0) is 37.2. The highest BCUT2D eigenvalue weighted by molar-refractivity contribution is 7.99. The van der Waals surface area contributed by atoms with Gasteiger partial charge in [-0.15, -0.1) is 11.8 Å². The van der Waals surface area contributed by atoms with E-state index in [4.69, 9.17) is 9.47 Å². The summed E-state index contributed by atoms with van der Waals surface area (Å²) in [6.45, 7) is 4.15. The lowest BCUT2D eigenvalue weighted by atomic mass is 9.53. The molecule has 5 fully saturated rings. The first-order valence-electron chi connectivity index (χ1n) is 19.5. The highest BCUT2D eigenvalue weighted by Gasteiger charge is 2.51. The summed E-state index contributed by atoms with van der Waals surface area (Å²) in [6, 6.07) is 32.5. The summed E-state index contributed by atoms with van der Waals surface area (Å²) >= 11 is 1.72. The standard InChI is InChI=1S/C45H51N3O5S/c1-28-41(27-54-40-16-14-39(15-17-40)47-29(2)50)52-43(53-42(28)36-8-6-30(26-49)7-9-36)37-12-10-35(11-13-37)38-5-3-4-31(21-38)25-46-44(51)48-45-22-32-18-33(23-45)20-34(19-32)24-45/h3-17,21,28,32-34,41-43,49H,18-20,22-27H2,1-2H3,(H,47,50)(H2,46,48,51)/t28-,32?,33?,34?,41+,42+,43+,45?/m0/s1. The van der Waals surface area contributed by atoms with Crippen molar-refractivity contribution in [1.82, 2.24) is 10.6 Å². The molecule has 5 aliphatic rings. The van der Waals surface area contributed by atoms with E-state index in [1.165, 1.54) is 26.2 Å². The first-order chi connectivity index (χ1) is 26.2. The number of hydrogen-bond acceptors (Lipinski definition) is 6. The molecule has 0 unspecified atom stereocenters. The van der Waals surface area contributed by atoms with Gasteiger partial charge in [0.1, 0.15) is 0 Å². The Hall–Kier alpha value is -4.15. The minimum Gasteiger partial charge on any atom is -0.392 e. The molecule has 0 radical (unpaired) electrons. The average molecular weight is 746 g/mol. The monoisotopic (exact) mass is 745 g/mol. The molecule has 282 valence electrons. The van der Waals surface area contributed by atoms with Crippen LogP contribution in [-0.4, -0.2) is 34.4 Å². The van der Waals surface area contributed by atoms with Crippen LogP contribution in [0.4, 0.5) is 10.5 Å². The highest BCUT2D eigenvalue weighted by Crippen LogP contribution is 2.55. The topological polar surface area (TPSA) is 109 Å². The van der Waals surface area contributed by atoms with Gasteiger partial charge in [0.2, 0.25) is 5.91 Å². The van der Waals surface area contributed by atoms with Crippen molar-refractivity contribution in [3.05, 3.63) is 119 Å². The van der Waals surface area contributed by atoms with Gasteiger partial charge in [-0.2, -0.15) is 0 Å². The fourth-order valence-electron chi connectivity index (χ4n) is 9.75. The summed E-state index contributed by atoms with van der Waals surface area (Å²) in [5, 5.41) is 19.0. The largest absolute Gasteiger partial charge is 0.392 e. The molecule has 9 rings (SSSR count). The minimum absolute atomic E-state index is 0.00246. The molecular weight excluding hydrogens is 695 g/mol. The maximum Gasteiger partial charge on any atom is 0.315 e. The summed E-state index contributed by atoms with van der Waals surface area (Å²) < 4.78 is 13.4. The van der Waals surface area contributed by atoms with Crippen molar-refractivity contribution >= 4 is 29.4 Å². The Morgan fingerprint density at radius 3 is 2.11 bits per heavy atom. The van der Waals surface area contributed by atoms with E-state index in [-0.39, 0.29) is 42.2 Å². The number of hydrogen-bond donors (Lipinski definition) is 4. The molecule has 9 heteroatoms. The van der Waals surface area contributed by atoms with Gasteiger partial charge in [-0.3, -0.25) is 4.79 Å². The molecule has 4 aliphatic carbocycles. The molecule has 4 bridgehead atoms. The Bertz CT molecular complexity index is 1900. The van der Waals surface area contributed by atoms with Crippen LogP contribution in [0.5, 0.6) is 0 Å². The fraction of sp³-hybridized carbons (Fsp3) is 0.422. The van der Waals surface area contributed by atoms with Crippen molar-refractivity contribution in [2.75, 3.05) is 11.1 Å². The van der Waals surface area contributed by atoms with Gasteiger partial charge in [0.25, 0.3) is 0 Å². The smallest absolute Gasteiger partial charge is 0.315 e. The number of ether oxygens (including phenoxy) is 2. The number of benzene rings is 4. The lowest BCUT2D eigenvalue weighted by Gasteiger charge is -2.56. The SMILES string of the molecule is CC(=O)Nc1ccc(SC[C@H]2O[C@@H](c3ccc(-c4cccc(CNC(=O)NC56CC7CC(CC(C7)C5)C6)c4)cc3)O[C@@H](c3ccc(CO)cc3)[C@H]2C)cc1. The number of amides is 3. The van der Waals surface area contributed by atoms with Crippen molar-refractivity contribution in [2.45, 2.75) is 94.5 Å². The quantitative estimate of drug-likeness (QED) is 0.114. The highest BCUT2D eigenvalue weighted by atomic mass is 32.2. The number of carbonyl (C=O) groups excluding carboxylic acids is 2.